The van der Waals surface area contributed by atoms with Gasteiger partial charge >= 0.3 is 0 Å². The first-order chi connectivity index (χ1) is 31.9. The Bertz CT molecular complexity index is 3170. The number of nitrogens with zero attached hydrogens (tertiary/aromatic N) is 1. The molecule has 9 aromatic carbocycles. The second kappa shape index (κ2) is 14.2. The minimum Gasteiger partial charge on any atom is -0.310 e. The second-order valence-corrected chi connectivity index (χ2v) is 13.8. The summed E-state index contributed by atoms with van der Waals surface area (Å²) in [4.78, 5) is 1.94. The quantitative estimate of drug-likeness (QED) is 0.151. The first-order valence-corrected chi connectivity index (χ1v) is 18.5. The zero-order chi connectivity index (χ0) is 46.0. The molecule has 0 radical (unpaired) electrons. The van der Waals surface area contributed by atoms with Gasteiger partial charge in [0.25, 0.3) is 0 Å². The maximum absolute atomic E-state index is 8.90. The Morgan fingerprint density at radius 2 is 0.804 bits per heavy atom. The number of hydrogen-bond acceptors (Lipinski definition) is 1. The van der Waals surface area contributed by atoms with Gasteiger partial charge in [0.1, 0.15) is 0 Å². The fourth-order valence-corrected chi connectivity index (χ4v) is 8.27. The van der Waals surface area contributed by atoms with Gasteiger partial charge in [-0.25, -0.2) is 0 Å². The molecule has 0 fully saturated rings. The summed E-state index contributed by atoms with van der Waals surface area (Å²) in [5.41, 5.74) is 10.7. The zero-order valence-electron chi connectivity index (χ0n) is 40.2. The number of rotatable bonds is 8. The molecule has 0 unspecified atom stereocenters. The third-order valence-corrected chi connectivity index (χ3v) is 10.7. The summed E-state index contributed by atoms with van der Waals surface area (Å²) in [6.45, 7) is 0. The minimum atomic E-state index is -0.572. The van der Waals surface area contributed by atoms with Crippen molar-refractivity contribution in [3.8, 4) is 44.5 Å². The Labute approximate surface area is 343 Å². The van der Waals surface area contributed by atoms with E-state index in [-0.39, 0.29) is 22.3 Å². The molecule has 0 spiro atoms. The van der Waals surface area contributed by atoms with Gasteiger partial charge in [-0.3, -0.25) is 0 Å². The first kappa shape index (κ1) is 24.2. The van der Waals surface area contributed by atoms with E-state index in [0.717, 1.165) is 16.8 Å². The molecule has 0 saturated carbocycles. The summed E-state index contributed by atoms with van der Waals surface area (Å²) in [5, 5.41) is 0. The van der Waals surface area contributed by atoms with Gasteiger partial charge in [0.15, 0.2) is 0 Å². The lowest BCUT2D eigenvalue weighted by atomic mass is 9.67. The van der Waals surface area contributed by atoms with Crippen LogP contribution in [0.5, 0.6) is 0 Å². The van der Waals surface area contributed by atoms with Crippen LogP contribution in [0.4, 0.5) is 17.1 Å². The van der Waals surface area contributed by atoms with Gasteiger partial charge in [-0.2, -0.15) is 0 Å². The zero-order valence-corrected chi connectivity index (χ0v) is 30.2. The lowest BCUT2D eigenvalue weighted by molar-refractivity contribution is 0.769. The summed E-state index contributed by atoms with van der Waals surface area (Å²) in [7, 11) is 0. The molecule has 0 amide bonds. The number of para-hydroxylation sites is 1. The third kappa shape index (κ3) is 5.73. The monoisotopic (exact) mass is 723 g/mol. The molecule has 0 N–H and O–H groups in total. The van der Waals surface area contributed by atoms with Gasteiger partial charge in [0, 0.05) is 17.1 Å². The normalized spacial score (nSPS) is 14.9. The predicted octanol–water partition coefficient (Wildman–Crippen LogP) is 14.5. The van der Waals surface area contributed by atoms with Gasteiger partial charge in [-0.1, -0.05) is 188 Å². The molecule has 0 heterocycles. The Morgan fingerprint density at radius 3 is 1.39 bits per heavy atom. The Morgan fingerprint density at radius 1 is 0.321 bits per heavy atom. The maximum atomic E-state index is 8.90. The molecule has 1 aliphatic carbocycles. The van der Waals surface area contributed by atoms with Crippen LogP contribution in [-0.2, 0) is 5.41 Å². The molecule has 264 valence electrons. The Balaban J connectivity index is 1.16. The highest BCUT2D eigenvalue weighted by molar-refractivity contribution is 5.89. The summed E-state index contributed by atoms with van der Waals surface area (Å²) in [6, 6.07) is 54.2. The molecule has 0 saturated heterocycles. The number of hydrogen-bond donors (Lipinski definition) is 0. The van der Waals surface area contributed by atoms with E-state index in [1.54, 1.807) is 12.1 Å². The van der Waals surface area contributed by atoms with Gasteiger partial charge in [0.2, 0.25) is 0 Å². The summed E-state index contributed by atoms with van der Waals surface area (Å²) in [5.74, 6) is 0. The van der Waals surface area contributed by atoms with E-state index < -0.39 is 65.8 Å². The van der Waals surface area contributed by atoms with Crippen molar-refractivity contribution in [3.63, 3.8) is 0 Å². The average Bonchev–Trinajstić information content (AvgIpc) is 3.65. The highest BCUT2D eigenvalue weighted by Crippen LogP contribution is 2.56. The van der Waals surface area contributed by atoms with Crippen LogP contribution < -0.4 is 4.90 Å². The van der Waals surface area contributed by atoms with Gasteiger partial charge in [-0.05, 0) is 115 Å². The van der Waals surface area contributed by atoms with Gasteiger partial charge < -0.3 is 4.90 Å². The molecule has 1 nitrogen and oxygen atoms in total. The fraction of sp³-hybridized carbons (Fsp3) is 0.0182. The third-order valence-electron chi connectivity index (χ3n) is 10.7. The minimum absolute atomic E-state index is 0.0827. The lowest BCUT2D eigenvalue weighted by Gasteiger charge is -2.34. The van der Waals surface area contributed by atoms with E-state index in [9.17, 15) is 0 Å². The molecular formula is C55H39N. The van der Waals surface area contributed by atoms with Crippen LogP contribution in [0.25, 0.3) is 44.5 Å². The summed E-state index contributed by atoms with van der Waals surface area (Å²) < 4.78 is 86.1. The van der Waals surface area contributed by atoms with Crippen molar-refractivity contribution in [2.45, 2.75) is 5.41 Å². The van der Waals surface area contributed by atoms with Crippen molar-refractivity contribution < 1.29 is 13.7 Å². The lowest BCUT2D eigenvalue weighted by Crippen LogP contribution is -2.28. The van der Waals surface area contributed by atoms with Crippen molar-refractivity contribution in [1.29, 1.82) is 0 Å². The summed E-state index contributed by atoms with van der Waals surface area (Å²) >= 11 is 0. The van der Waals surface area contributed by atoms with Gasteiger partial charge in [-0.15, -0.1) is 0 Å². The van der Waals surface area contributed by atoms with Crippen molar-refractivity contribution in [3.05, 3.63) is 259 Å². The largest absolute Gasteiger partial charge is 0.310 e. The maximum Gasteiger partial charge on any atom is 0.0713 e. The number of fused-ring (bicyclic) bond motifs is 3. The standard InChI is InChI=1S/C55H39N/c1-6-18-40(19-7-1)44-36-45(41-20-8-2-9-21-41)38-50(37-44)56(48-26-14-5-15-27-48)49-33-30-42(31-34-49)43-32-35-52-51-28-16-17-29-53(51)55(54(52)39-43,46-22-10-3-11-23-46)47-24-12-4-13-25-47/h1-39H/i1D,2D,6D,7D,8D,9D,18D,19D,20D,21D. The Hall–Kier alpha value is -7.22. The predicted molar refractivity (Wildman–Crippen MR) is 235 cm³/mol. The van der Waals surface area contributed by atoms with E-state index >= 15 is 0 Å². The first-order valence-electron chi connectivity index (χ1n) is 23.5. The van der Waals surface area contributed by atoms with Crippen molar-refractivity contribution in [2.75, 3.05) is 4.90 Å². The molecule has 1 aliphatic rings. The molecule has 0 atom stereocenters. The number of benzene rings is 9. The van der Waals surface area contributed by atoms with Crippen LogP contribution >= 0.6 is 0 Å². The van der Waals surface area contributed by atoms with Crippen molar-refractivity contribution >= 4 is 17.1 Å². The highest BCUT2D eigenvalue weighted by atomic mass is 15.1. The van der Waals surface area contributed by atoms with E-state index in [1.807, 2.05) is 59.5 Å². The van der Waals surface area contributed by atoms with Crippen molar-refractivity contribution in [1.82, 2.24) is 0 Å². The molecule has 10 rings (SSSR count). The smallest absolute Gasteiger partial charge is 0.0713 e. The van der Waals surface area contributed by atoms with E-state index in [2.05, 4.69) is 103 Å². The molecule has 1 heteroatoms. The van der Waals surface area contributed by atoms with Crippen LogP contribution in [0.3, 0.4) is 0 Å². The molecule has 0 aliphatic heterocycles. The van der Waals surface area contributed by atoms with E-state index in [0.29, 0.717) is 11.4 Å². The fourth-order valence-electron chi connectivity index (χ4n) is 8.27. The van der Waals surface area contributed by atoms with Crippen LogP contribution in [0.1, 0.15) is 36.0 Å². The molecule has 0 aromatic heterocycles. The van der Waals surface area contributed by atoms with E-state index in [1.165, 1.54) is 39.4 Å². The number of anilines is 3. The molecule has 56 heavy (non-hydrogen) atoms. The average molecular weight is 724 g/mol. The van der Waals surface area contributed by atoms with Crippen LogP contribution in [-0.4, -0.2) is 0 Å². The highest BCUT2D eigenvalue weighted by Gasteiger charge is 2.46. The topological polar surface area (TPSA) is 3.24 Å². The van der Waals surface area contributed by atoms with Crippen LogP contribution in [0.15, 0.2) is 236 Å². The molecule has 9 aromatic rings. The Kier molecular flexibility index (Phi) is 6.15. The van der Waals surface area contributed by atoms with Gasteiger partial charge in [0.05, 0.1) is 19.1 Å². The summed E-state index contributed by atoms with van der Waals surface area (Å²) in [6.07, 6.45) is 0. The van der Waals surface area contributed by atoms with Crippen LogP contribution in [0.2, 0.25) is 0 Å². The molecule has 0 bridgehead atoms. The van der Waals surface area contributed by atoms with Crippen LogP contribution in [0, 0.1) is 0 Å². The second-order valence-electron chi connectivity index (χ2n) is 13.8. The van der Waals surface area contributed by atoms with E-state index in [4.69, 9.17) is 13.7 Å². The molecular weight excluding hydrogens is 675 g/mol. The van der Waals surface area contributed by atoms with Crippen molar-refractivity contribution in [2.24, 2.45) is 0 Å². The SMILES string of the molecule is [2H]c1c([2H])c([2H])c(-c2cc(-c3c([2H])c([2H])c([2H])c([2H])c3[2H])cc(N(c3ccccc3)c3ccc(-c4ccc5c(c4)C(c4ccccc4)(c4ccccc4)c4ccccc4-5)cc3)c2)c([2H])c1[2H].